The van der Waals surface area contributed by atoms with E-state index < -0.39 is 5.60 Å². The van der Waals surface area contributed by atoms with E-state index in [0.29, 0.717) is 17.5 Å². The number of benzene rings is 8. The molecule has 4 nitrogen and oxygen atoms in total. The Bertz CT molecular complexity index is 2650. The molecule has 1 aliphatic rings. The van der Waals surface area contributed by atoms with Gasteiger partial charge in [0.05, 0.1) is 0 Å². The van der Waals surface area contributed by atoms with Crippen LogP contribution in [-0.2, 0) is 5.60 Å². The van der Waals surface area contributed by atoms with Gasteiger partial charge in [0.2, 0.25) is 0 Å². The fourth-order valence-corrected chi connectivity index (χ4v) is 7.80. The third kappa shape index (κ3) is 5.94. The smallest absolute Gasteiger partial charge is 0.185 e. The van der Waals surface area contributed by atoms with Gasteiger partial charge in [-0.2, -0.15) is 0 Å². The lowest BCUT2D eigenvalue weighted by Crippen LogP contribution is -2.38. The maximum Gasteiger partial charge on any atom is 0.185 e. The average Bonchev–Trinajstić information content (AvgIpc) is 3.29. The zero-order valence-corrected chi connectivity index (χ0v) is 30.5. The average molecular weight is 718 g/mol. The highest BCUT2D eigenvalue weighted by atomic mass is 16.5. The molecule has 0 saturated heterocycles. The van der Waals surface area contributed by atoms with Crippen LogP contribution in [0.3, 0.4) is 0 Å². The van der Waals surface area contributed by atoms with Crippen molar-refractivity contribution >= 4 is 0 Å². The number of ether oxygens (including phenoxy) is 1. The minimum atomic E-state index is -0.874. The van der Waals surface area contributed by atoms with Gasteiger partial charge in [0.25, 0.3) is 0 Å². The van der Waals surface area contributed by atoms with Crippen LogP contribution in [-0.4, -0.2) is 15.0 Å². The summed E-state index contributed by atoms with van der Waals surface area (Å²) in [6, 6.07) is 73.5. The van der Waals surface area contributed by atoms with Crippen LogP contribution in [0.15, 0.2) is 212 Å². The first-order chi connectivity index (χ1) is 27.7. The standard InChI is InChI=1S/C52H35N3O/c1-5-15-36(16-6-1)38-25-29-40(30-26-38)49-53-50(41-31-27-39(28-32-41)37-17-7-2-8-18-37)55-51(54-49)42-33-34-46-45-23-13-14-24-47(45)52(56-48(46)35-42,43-19-9-3-10-20-43)44-21-11-4-12-22-44/h1-35H. The van der Waals surface area contributed by atoms with Crippen molar-refractivity contribution in [2.45, 2.75) is 5.60 Å². The summed E-state index contributed by atoms with van der Waals surface area (Å²) < 4.78 is 7.35. The summed E-state index contributed by atoms with van der Waals surface area (Å²) in [5.41, 5.74) is 11.7. The molecule has 8 aromatic carbocycles. The van der Waals surface area contributed by atoms with Crippen LogP contribution in [0.1, 0.15) is 16.7 Å². The van der Waals surface area contributed by atoms with Crippen LogP contribution < -0.4 is 4.74 Å². The van der Waals surface area contributed by atoms with Crippen LogP contribution in [0.25, 0.3) is 67.5 Å². The highest BCUT2D eigenvalue weighted by Gasteiger charge is 2.44. The van der Waals surface area contributed by atoms with Crippen molar-refractivity contribution in [3.63, 3.8) is 0 Å². The second-order valence-electron chi connectivity index (χ2n) is 14.0. The molecule has 4 heteroatoms. The number of rotatable bonds is 7. The van der Waals surface area contributed by atoms with Gasteiger partial charge in [-0.1, -0.05) is 200 Å². The number of nitrogens with zero attached hydrogens (tertiary/aromatic N) is 3. The lowest BCUT2D eigenvalue weighted by Gasteiger charge is -2.41. The molecule has 0 bridgehead atoms. The molecule has 9 aromatic rings. The van der Waals surface area contributed by atoms with Crippen LogP contribution in [0, 0.1) is 0 Å². The van der Waals surface area contributed by atoms with E-state index >= 15 is 0 Å². The van der Waals surface area contributed by atoms with E-state index in [1.807, 2.05) is 24.3 Å². The molecule has 0 atom stereocenters. The first-order valence-corrected chi connectivity index (χ1v) is 18.9. The summed E-state index contributed by atoms with van der Waals surface area (Å²) in [7, 11) is 0. The van der Waals surface area contributed by atoms with E-state index in [2.05, 4.69) is 188 Å². The Morgan fingerprint density at radius 2 is 0.679 bits per heavy atom. The molecule has 0 spiro atoms. The zero-order chi connectivity index (χ0) is 37.3. The van der Waals surface area contributed by atoms with Crippen LogP contribution in [0.4, 0.5) is 0 Å². The zero-order valence-electron chi connectivity index (χ0n) is 30.5. The third-order valence-corrected chi connectivity index (χ3v) is 10.6. The quantitative estimate of drug-likeness (QED) is 0.165. The highest BCUT2D eigenvalue weighted by Crippen LogP contribution is 2.52. The lowest BCUT2D eigenvalue weighted by molar-refractivity contribution is 0.152. The Hall–Kier alpha value is -7.43. The van der Waals surface area contributed by atoms with Crippen LogP contribution in [0.5, 0.6) is 5.75 Å². The molecule has 0 unspecified atom stereocenters. The van der Waals surface area contributed by atoms with Gasteiger partial charge in [-0.3, -0.25) is 0 Å². The fourth-order valence-electron chi connectivity index (χ4n) is 7.80. The maximum absolute atomic E-state index is 7.35. The van der Waals surface area contributed by atoms with Gasteiger partial charge >= 0.3 is 0 Å². The van der Waals surface area contributed by atoms with E-state index in [1.54, 1.807) is 0 Å². The van der Waals surface area contributed by atoms with Gasteiger partial charge in [-0.05, 0) is 39.9 Å². The molecule has 2 heterocycles. The SMILES string of the molecule is c1ccc(-c2ccc(-c3nc(-c4ccc(-c5ccccc5)cc4)nc(-c4ccc5c(c4)OC(c4ccccc4)(c4ccccc4)c4ccccc4-5)n3)cc2)cc1. The molecule has 10 rings (SSSR count). The molecule has 264 valence electrons. The van der Waals surface area contributed by atoms with Crippen LogP contribution >= 0.6 is 0 Å². The van der Waals surface area contributed by atoms with Crippen molar-refractivity contribution in [2.24, 2.45) is 0 Å². The van der Waals surface area contributed by atoms with Gasteiger partial charge in [0.15, 0.2) is 23.1 Å². The van der Waals surface area contributed by atoms with Crippen molar-refractivity contribution < 1.29 is 4.74 Å². The minimum Gasteiger partial charge on any atom is -0.472 e. The molecule has 0 radical (unpaired) electrons. The van der Waals surface area contributed by atoms with E-state index in [0.717, 1.165) is 72.5 Å². The predicted molar refractivity (Wildman–Crippen MR) is 226 cm³/mol. The van der Waals surface area contributed by atoms with E-state index in [9.17, 15) is 0 Å². The fraction of sp³-hybridized carbons (Fsp3) is 0.0192. The highest BCUT2D eigenvalue weighted by molar-refractivity contribution is 5.82. The Kier molecular flexibility index (Phi) is 8.34. The van der Waals surface area contributed by atoms with Crippen molar-refractivity contribution in [1.82, 2.24) is 15.0 Å². The first-order valence-electron chi connectivity index (χ1n) is 18.9. The number of fused-ring (bicyclic) bond motifs is 3. The normalized spacial score (nSPS) is 12.6. The van der Waals surface area contributed by atoms with E-state index in [-0.39, 0.29) is 0 Å². The predicted octanol–water partition coefficient (Wildman–Crippen LogP) is 12.6. The van der Waals surface area contributed by atoms with Crippen molar-refractivity contribution in [2.75, 3.05) is 0 Å². The Balaban J connectivity index is 1.12. The summed E-state index contributed by atoms with van der Waals surface area (Å²) in [5.74, 6) is 2.53. The monoisotopic (exact) mass is 717 g/mol. The molecular formula is C52H35N3O. The summed E-state index contributed by atoms with van der Waals surface area (Å²) in [5, 5.41) is 0. The summed E-state index contributed by atoms with van der Waals surface area (Å²) in [6.07, 6.45) is 0. The van der Waals surface area contributed by atoms with E-state index in [4.69, 9.17) is 19.7 Å². The third-order valence-electron chi connectivity index (χ3n) is 10.6. The Morgan fingerprint density at radius 3 is 1.18 bits per heavy atom. The number of hydrogen-bond donors (Lipinski definition) is 0. The van der Waals surface area contributed by atoms with Crippen LogP contribution in [0.2, 0.25) is 0 Å². The van der Waals surface area contributed by atoms with Gasteiger partial charge in [-0.15, -0.1) is 0 Å². The summed E-state index contributed by atoms with van der Waals surface area (Å²) in [4.78, 5) is 15.3. The Morgan fingerprint density at radius 1 is 0.304 bits per heavy atom. The largest absolute Gasteiger partial charge is 0.472 e. The molecule has 1 aliphatic heterocycles. The summed E-state index contributed by atoms with van der Waals surface area (Å²) in [6.45, 7) is 0. The molecule has 0 N–H and O–H groups in total. The maximum atomic E-state index is 7.35. The van der Waals surface area contributed by atoms with Gasteiger partial charge in [0, 0.05) is 38.9 Å². The second kappa shape index (κ2) is 14.1. The van der Waals surface area contributed by atoms with Gasteiger partial charge in [-0.25, -0.2) is 15.0 Å². The molecular weight excluding hydrogens is 683 g/mol. The number of hydrogen-bond acceptors (Lipinski definition) is 4. The van der Waals surface area contributed by atoms with Gasteiger partial charge < -0.3 is 4.74 Å². The molecule has 56 heavy (non-hydrogen) atoms. The topological polar surface area (TPSA) is 47.9 Å². The molecule has 1 aromatic heterocycles. The number of aromatic nitrogens is 3. The molecule has 0 fully saturated rings. The van der Waals surface area contributed by atoms with Crippen molar-refractivity contribution in [3.8, 4) is 73.3 Å². The van der Waals surface area contributed by atoms with Crippen molar-refractivity contribution in [1.29, 1.82) is 0 Å². The second-order valence-corrected chi connectivity index (χ2v) is 14.0. The lowest BCUT2D eigenvalue weighted by atomic mass is 9.75. The minimum absolute atomic E-state index is 0.569. The summed E-state index contributed by atoms with van der Waals surface area (Å²) >= 11 is 0. The molecule has 0 amide bonds. The van der Waals surface area contributed by atoms with E-state index in [1.165, 1.54) is 0 Å². The molecule has 0 saturated carbocycles. The van der Waals surface area contributed by atoms with Crippen molar-refractivity contribution in [3.05, 3.63) is 229 Å². The van der Waals surface area contributed by atoms with Gasteiger partial charge in [0.1, 0.15) is 5.75 Å². The first kappa shape index (κ1) is 33.2. The molecule has 0 aliphatic carbocycles. The Labute approximate surface area is 326 Å².